The Morgan fingerprint density at radius 3 is 2.00 bits per heavy atom. The molecule has 0 aromatic heterocycles. The summed E-state index contributed by atoms with van der Waals surface area (Å²) in [5, 5.41) is 10.1. The first-order valence-corrected chi connectivity index (χ1v) is 6.44. The maximum Gasteiger partial charge on any atom is 0.204 e. The van der Waals surface area contributed by atoms with E-state index in [0.717, 1.165) is 8.58 Å². The van der Waals surface area contributed by atoms with Gasteiger partial charge in [0.15, 0.2) is 0 Å². The van der Waals surface area contributed by atoms with Crippen molar-refractivity contribution < 1.29 is 22.0 Å². The fraction of sp³-hybridized carbons (Fsp3) is 0.308. The summed E-state index contributed by atoms with van der Waals surface area (Å²) >= 11 is 0. The summed E-state index contributed by atoms with van der Waals surface area (Å²) in [6, 6.07) is 0. The Hall–Kier alpha value is 0.349. The summed E-state index contributed by atoms with van der Waals surface area (Å²) in [5.41, 5.74) is 1.20. The first kappa shape index (κ1) is 18.3. The number of nitro groups is 1. The molecule has 0 amide bonds. The molecule has 1 saturated heterocycles. The van der Waals surface area contributed by atoms with Crippen molar-refractivity contribution in [1.82, 2.24) is 0 Å². The Bertz CT molecular complexity index is 229. The molecule has 98 valence electrons. The van der Waals surface area contributed by atoms with E-state index in [1.165, 1.54) is 17.5 Å². The third-order valence-corrected chi connectivity index (χ3v) is 3.91. The predicted octanol–water partition coefficient (Wildman–Crippen LogP) is 3.51. The average Bonchev–Trinajstić information content (AvgIpc) is 2.93. The van der Waals surface area contributed by atoms with Gasteiger partial charge >= 0.3 is 0 Å². The van der Waals surface area contributed by atoms with E-state index in [1.807, 2.05) is 46.0 Å². The van der Waals surface area contributed by atoms with Crippen molar-refractivity contribution in [3.8, 4) is 0 Å². The van der Waals surface area contributed by atoms with Gasteiger partial charge < -0.3 is 0 Å². The van der Waals surface area contributed by atoms with Crippen LogP contribution in [0.2, 0.25) is 0 Å². The summed E-state index contributed by atoms with van der Waals surface area (Å²) in [6.07, 6.45) is 12.7. The van der Waals surface area contributed by atoms with E-state index in [4.69, 9.17) is 0 Å². The maximum absolute atomic E-state index is 10.1. The molecule has 1 heterocycles. The van der Waals surface area contributed by atoms with E-state index in [9.17, 15) is 10.1 Å². The molecule has 0 N–H and O–H groups in total. The molecule has 0 bridgehead atoms. The van der Waals surface area contributed by atoms with Gasteiger partial charge in [0.1, 0.15) is 0 Å². The second-order valence-corrected chi connectivity index (χ2v) is 4.84. The van der Waals surface area contributed by atoms with E-state index in [1.54, 1.807) is 0 Å². The Balaban J connectivity index is 0.000000405. The molecule has 3 nitrogen and oxygen atoms in total. The molecular formula is C13H16FeNO2P. The van der Waals surface area contributed by atoms with Gasteiger partial charge in [0.05, 0.1) is 0 Å². The Labute approximate surface area is 123 Å². The predicted molar refractivity (Wildman–Crippen MR) is 70.3 cm³/mol. The van der Waals surface area contributed by atoms with Crippen LogP contribution in [-0.4, -0.2) is 11.5 Å². The SMILES string of the molecule is C[C]1[CH][P][C](CC[N+](=O)[O-])[C]1C.[CH]1[CH][CH][CH][CH]1.[Fe]. The van der Waals surface area contributed by atoms with Crippen LogP contribution in [0.3, 0.4) is 0 Å². The fourth-order valence-electron chi connectivity index (χ4n) is 1.37. The van der Waals surface area contributed by atoms with Crippen LogP contribution < -0.4 is 0 Å². The van der Waals surface area contributed by atoms with Crippen molar-refractivity contribution in [1.29, 1.82) is 0 Å². The molecule has 0 unspecified atom stereocenters. The van der Waals surface area contributed by atoms with Crippen LogP contribution in [0.25, 0.3) is 0 Å². The van der Waals surface area contributed by atoms with Crippen LogP contribution in [0.4, 0.5) is 0 Å². The van der Waals surface area contributed by atoms with E-state index < -0.39 is 0 Å². The van der Waals surface area contributed by atoms with Gasteiger partial charge in [-0.3, -0.25) is 10.1 Å². The molecule has 2 rings (SSSR count). The molecule has 1 aliphatic heterocycles. The zero-order valence-corrected chi connectivity index (χ0v) is 12.4. The normalized spacial score (nSPS) is 22.6. The molecule has 0 spiro atoms. The van der Waals surface area contributed by atoms with Crippen molar-refractivity contribution in [3.05, 3.63) is 65.9 Å². The largest absolute Gasteiger partial charge is 0.265 e. The first-order chi connectivity index (χ1) is 8.11. The minimum atomic E-state index is -0.260. The monoisotopic (exact) mass is 305 g/mol. The summed E-state index contributed by atoms with van der Waals surface area (Å²) in [4.78, 5) is 9.85. The number of hydrogen-bond donors (Lipinski definition) is 0. The van der Waals surface area contributed by atoms with Gasteiger partial charge in [-0.25, -0.2) is 0 Å². The Morgan fingerprint density at radius 1 is 1.17 bits per heavy atom. The summed E-state index contributed by atoms with van der Waals surface area (Å²) < 4.78 is 0. The van der Waals surface area contributed by atoms with Crippen molar-refractivity contribution >= 4 is 8.58 Å². The van der Waals surface area contributed by atoms with Crippen molar-refractivity contribution in [3.63, 3.8) is 0 Å². The Morgan fingerprint density at radius 2 is 1.67 bits per heavy atom. The number of hydrogen-bond acceptors (Lipinski definition) is 2. The summed E-state index contributed by atoms with van der Waals surface area (Å²) in [5.74, 6) is 2.49. The maximum atomic E-state index is 10.1. The molecule has 0 atom stereocenters. The smallest absolute Gasteiger partial charge is 0.204 e. The van der Waals surface area contributed by atoms with E-state index in [2.05, 4.69) is 6.16 Å². The van der Waals surface area contributed by atoms with Gasteiger partial charge in [-0.15, -0.1) is 0 Å². The zero-order valence-electron chi connectivity index (χ0n) is 10.4. The minimum absolute atomic E-state index is 0. The van der Waals surface area contributed by atoms with Gasteiger partial charge in [-0.1, -0.05) is 22.4 Å². The molecule has 18 heavy (non-hydrogen) atoms. The van der Waals surface area contributed by atoms with Crippen LogP contribution in [0, 0.1) is 65.9 Å². The van der Waals surface area contributed by atoms with Crippen LogP contribution in [-0.2, 0) is 17.1 Å². The minimum Gasteiger partial charge on any atom is -0.265 e. The molecule has 1 aliphatic carbocycles. The molecule has 10 radical (unpaired) electrons. The van der Waals surface area contributed by atoms with Crippen LogP contribution in [0.1, 0.15) is 20.3 Å². The molecule has 1 saturated carbocycles. The van der Waals surface area contributed by atoms with E-state index in [0.29, 0.717) is 6.42 Å². The Kier molecular flexibility index (Phi) is 10.4. The molecular weight excluding hydrogens is 289 g/mol. The number of rotatable bonds is 3. The van der Waals surface area contributed by atoms with Gasteiger partial charge in [0, 0.05) is 34.1 Å². The molecule has 5 heteroatoms. The van der Waals surface area contributed by atoms with Gasteiger partial charge in [0.2, 0.25) is 6.54 Å². The summed E-state index contributed by atoms with van der Waals surface area (Å²) in [6.45, 7) is 4.13. The van der Waals surface area contributed by atoms with E-state index >= 15 is 0 Å². The van der Waals surface area contributed by atoms with Crippen LogP contribution in [0.15, 0.2) is 0 Å². The van der Waals surface area contributed by atoms with Crippen LogP contribution >= 0.6 is 8.58 Å². The average molecular weight is 305 g/mol. The molecule has 2 fully saturated rings. The number of nitrogens with zero attached hydrogens (tertiary/aromatic N) is 1. The standard InChI is InChI=1S/C8H11NO2P.C5H5.Fe/c1-6-5-12-8(7(6)2)3-4-9(10)11;1-2-4-5-3-1;/h5H,3-4H2,1-2H3;1-5H;. The first-order valence-electron chi connectivity index (χ1n) is 5.47. The van der Waals surface area contributed by atoms with Crippen molar-refractivity contribution in [2.24, 2.45) is 0 Å². The van der Waals surface area contributed by atoms with Gasteiger partial charge in [0.25, 0.3) is 0 Å². The fourth-order valence-corrected chi connectivity index (χ4v) is 2.51. The topological polar surface area (TPSA) is 43.1 Å². The molecule has 0 aromatic carbocycles. The van der Waals surface area contributed by atoms with Gasteiger partial charge in [-0.05, 0) is 50.1 Å². The van der Waals surface area contributed by atoms with E-state index in [-0.39, 0.29) is 28.5 Å². The van der Waals surface area contributed by atoms with Crippen molar-refractivity contribution in [2.75, 3.05) is 6.54 Å². The third-order valence-electron chi connectivity index (χ3n) is 2.53. The molecule has 2 aliphatic rings. The third kappa shape index (κ3) is 7.07. The quantitative estimate of drug-likeness (QED) is 0.346. The summed E-state index contributed by atoms with van der Waals surface area (Å²) in [7, 11) is 1.14. The zero-order chi connectivity index (χ0) is 12.7. The van der Waals surface area contributed by atoms with Gasteiger partial charge in [-0.2, -0.15) is 0 Å². The molecule has 0 aromatic rings. The second-order valence-electron chi connectivity index (χ2n) is 3.78. The second kappa shape index (κ2) is 10.2. The van der Waals surface area contributed by atoms with Crippen LogP contribution in [0.5, 0.6) is 0 Å². The van der Waals surface area contributed by atoms with Crippen molar-refractivity contribution in [2.45, 2.75) is 20.3 Å².